The third kappa shape index (κ3) is 4.26. The predicted octanol–water partition coefficient (Wildman–Crippen LogP) is 3.03. The highest BCUT2D eigenvalue weighted by molar-refractivity contribution is 4.86. The van der Waals surface area contributed by atoms with E-state index in [-0.39, 0.29) is 0 Å². The summed E-state index contributed by atoms with van der Waals surface area (Å²) in [4.78, 5) is 2.76. The molecule has 1 saturated carbocycles. The molecule has 1 N–H and O–H groups in total. The van der Waals surface area contributed by atoms with E-state index in [2.05, 4.69) is 24.1 Å². The molecule has 1 heterocycles. The van der Waals surface area contributed by atoms with Crippen LogP contribution in [0.2, 0.25) is 0 Å². The lowest BCUT2D eigenvalue weighted by Gasteiger charge is -2.28. The first-order valence-electron chi connectivity index (χ1n) is 7.80. The Morgan fingerprint density at radius 2 is 2.00 bits per heavy atom. The molecule has 2 fully saturated rings. The van der Waals surface area contributed by atoms with Gasteiger partial charge in [0.1, 0.15) is 0 Å². The predicted molar refractivity (Wildman–Crippen MR) is 74.3 cm³/mol. The second kappa shape index (κ2) is 6.75. The summed E-state index contributed by atoms with van der Waals surface area (Å²) < 4.78 is 0. The van der Waals surface area contributed by atoms with Gasteiger partial charge in [-0.2, -0.15) is 0 Å². The fourth-order valence-corrected chi connectivity index (χ4v) is 3.18. The van der Waals surface area contributed by atoms with E-state index in [9.17, 15) is 0 Å². The average Bonchev–Trinajstić information content (AvgIpc) is 3.04. The van der Waals surface area contributed by atoms with E-state index in [1.54, 1.807) is 0 Å². The van der Waals surface area contributed by atoms with Crippen LogP contribution in [0.15, 0.2) is 0 Å². The highest BCUT2D eigenvalue weighted by Gasteiger charge is 2.28. The Morgan fingerprint density at radius 1 is 1.18 bits per heavy atom. The van der Waals surface area contributed by atoms with E-state index < -0.39 is 0 Å². The Labute approximate surface area is 107 Å². The Balaban J connectivity index is 1.74. The SMILES string of the molecule is CCCC1CCN(C(CCC)CNC2CC2)C1. The Kier molecular flexibility index (Phi) is 5.30. The molecule has 100 valence electrons. The van der Waals surface area contributed by atoms with E-state index in [0.717, 1.165) is 18.0 Å². The van der Waals surface area contributed by atoms with Crippen LogP contribution in [-0.2, 0) is 0 Å². The molecule has 0 amide bonds. The van der Waals surface area contributed by atoms with E-state index >= 15 is 0 Å². The lowest BCUT2D eigenvalue weighted by molar-refractivity contribution is 0.213. The number of hydrogen-bond acceptors (Lipinski definition) is 2. The summed E-state index contributed by atoms with van der Waals surface area (Å²) in [5.41, 5.74) is 0. The maximum atomic E-state index is 3.72. The Bertz CT molecular complexity index is 213. The first-order valence-corrected chi connectivity index (χ1v) is 7.80. The van der Waals surface area contributed by atoms with Gasteiger partial charge in [-0.3, -0.25) is 4.90 Å². The van der Waals surface area contributed by atoms with E-state index in [1.165, 1.54) is 64.6 Å². The molecule has 0 aromatic rings. The summed E-state index contributed by atoms with van der Waals surface area (Å²) in [5.74, 6) is 0.986. The van der Waals surface area contributed by atoms with Gasteiger partial charge in [0.25, 0.3) is 0 Å². The molecule has 2 nitrogen and oxygen atoms in total. The molecule has 0 radical (unpaired) electrons. The molecular weight excluding hydrogens is 208 g/mol. The number of hydrogen-bond donors (Lipinski definition) is 1. The summed E-state index contributed by atoms with van der Waals surface area (Å²) >= 11 is 0. The summed E-state index contributed by atoms with van der Waals surface area (Å²) in [6, 6.07) is 1.67. The molecule has 0 bridgehead atoms. The highest BCUT2D eigenvalue weighted by Crippen LogP contribution is 2.25. The standard InChI is InChI=1S/C15H30N2/c1-3-5-13-9-10-17(12-13)15(6-4-2)11-16-14-7-8-14/h13-16H,3-12H2,1-2H3. The smallest absolute Gasteiger partial charge is 0.0220 e. The van der Waals surface area contributed by atoms with Crippen LogP contribution in [0.1, 0.15) is 58.8 Å². The van der Waals surface area contributed by atoms with Gasteiger partial charge in [-0.05, 0) is 44.6 Å². The van der Waals surface area contributed by atoms with Crippen molar-refractivity contribution in [3.63, 3.8) is 0 Å². The minimum atomic E-state index is 0.808. The van der Waals surface area contributed by atoms with Crippen molar-refractivity contribution >= 4 is 0 Å². The number of rotatable bonds is 8. The van der Waals surface area contributed by atoms with Crippen LogP contribution < -0.4 is 5.32 Å². The highest BCUT2D eigenvalue weighted by atomic mass is 15.2. The molecule has 2 atom stereocenters. The van der Waals surface area contributed by atoms with Crippen LogP contribution >= 0.6 is 0 Å². The van der Waals surface area contributed by atoms with E-state index in [4.69, 9.17) is 0 Å². The van der Waals surface area contributed by atoms with Crippen molar-refractivity contribution < 1.29 is 0 Å². The van der Waals surface area contributed by atoms with E-state index in [0.29, 0.717) is 0 Å². The zero-order chi connectivity index (χ0) is 12.1. The third-order valence-corrected chi connectivity index (χ3v) is 4.37. The maximum Gasteiger partial charge on any atom is 0.0220 e. The Morgan fingerprint density at radius 3 is 2.65 bits per heavy atom. The van der Waals surface area contributed by atoms with Crippen LogP contribution in [0.5, 0.6) is 0 Å². The summed E-state index contributed by atoms with van der Waals surface area (Å²) in [5, 5.41) is 3.72. The van der Waals surface area contributed by atoms with Gasteiger partial charge < -0.3 is 5.32 Å². The molecule has 2 aliphatic rings. The van der Waals surface area contributed by atoms with Crippen LogP contribution in [-0.4, -0.2) is 36.6 Å². The molecule has 1 aliphatic heterocycles. The molecule has 2 unspecified atom stereocenters. The first kappa shape index (κ1) is 13.4. The van der Waals surface area contributed by atoms with Gasteiger partial charge in [-0.1, -0.05) is 26.7 Å². The molecule has 0 aromatic carbocycles. The number of nitrogens with one attached hydrogen (secondary N) is 1. The lowest BCUT2D eigenvalue weighted by atomic mass is 10.0. The summed E-state index contributed by atoms with van der Waals surface area (Å²) in [6.07, 6.45) is 9.76. The average molecular weight is 238 g/mol. The zero-order valence-electron chi connectivity index (χ0n) is 11.8. The van der Waals surface area contributed by atoms with Crippen molar-refractivity contribution in [2.75, 3.05) is 19.6 Å². The molecular formula is C15H30N2. The Hall–Kier alpha value is -0.0800. The van der Waals surface area contributed by atoms with Gasteiger partial charge in [0, 0.05) is 25.2 Å². The van der Waals surface area contributed by atoms with Crippen LogP contribution in [0.3, 0.4) is 0 Å². The number of nitrogens with zero attached hydrogens (tertiary/aromatic N) is 1. The van der Waals surface area contributed by atoms with Crippen molar-refractivity contribution in [2.24, 2.45) is 5.92 Å². The monoisotopic (exact) mass is 238 g/mol. The second-order valence-corrected chi connectivity index (χ2v) is 6.06. The van der Waals surface area contributed by atoms with Gasteiger partial charge in [0.05, 0.1) is 0 Å². The van der Waals surface area contributed by atoms with Gasteiger partial charge in [-0.25, -0.2) is 0 Å². The van der Waals surface area contributed by atoms with Crippen molar-refractivity contribution in [1.82, 2.24) is 10.2 Å². The van der Waals surface area contributed by atoms with Crippen LogP contribution in [0, 0.1) is 5.92 Å². The van der Waals surface area contributed by atoms with Crippen molar-refractivity contribution in [2.45, 2.75) is 70.9 Å². The molecule has 2 heteroatoms. The molecule has 17 heavy (non-hydrogen) atoms. The zero-order valence-corrected chi connectivity index (χ0v) is 11.8. The summed E-state index contributed by atoms with van der Waals surface area (Å²) in [7, 11) is 0. The molecule has 2 rings (SSSR count). The van der Waals surface area contributed by atoms with Crippen molar-refractivity contribution in [3.05, 3.63) is 0 Å². The normalized spacial score (nSPS) is 27.5. The minimum absolute atomic E-state index is 0.808. The molecule has 1 saturated heterocycles. The third-order valence-electron chi connectivity index (χ3n) is 4.37. The van der Waals surface area contributed by atoms with Crippen molar-refractivity contribution in [1.29, 1.82) is 0 Å². The van der Waals surface area contributed by atoms with Gasteiger partial charge >= 0.3 is 0 Å². The fraction of sp³-hybridized carbons (Fsp3) is 1.00. The summed E-state index contributed by atoms with van der Waals surface area (Å²) in [6.45, 7) is 8.59. The van der Waals surface area contributed by atoms with Gasteiger partial charge in [0.15, 0.2) is 0 Å². The van der Waals surface area contributed by atoms with Gasteiger partial charge in [-0.15, -0.1) is 0 Å². The molecule has 1 aliphatic carbocycles. The first-order chi connectivity index (χ1) is 8.33. The molecule has 0 aromatic heterocycles. The fourth-order valence-electron chi connectivity index (χ4n) is 3.18. The largest absolute Gasteiger partial charge is 0.312 e. The van der Waals surface area contributed by atoms with Gasteiger partial charge in [0.2, 0.25) is 0 Å². The topological polar surface area (TPSA) is 15.3 Å². The van der Waals surface area contributed by atoms with Crippen LogP contribution in [0.25, 0.3) is 0 Å². The minimum Gasteiger partial charge on any atom is -0.312 e. The lowest BCUT2D eigenvalue weighted by Crippen LogP contribution is -2.41. The van der Waals surface area contributed by atoms with Crippen molar-refractivity contribution in [3.8, 4) is 0 Å². The quantitative estimate of drug-likeness (QED) is 0.699. The molecule has 0 spiro atoms. The van der Waals surface area contributed by atoms with Crippen LogP contribution in [0.4, 0.5) is 0 Å². The van der Waals surface area contributed by atoms with E-state index in [1.807, 2.05) is 0 Å². The maximum absolute atomic E-state index is 3.72. The number of likely N-dealkylation sites (tertiary alicyclic amines) is 1. The second-order valence-electron chi connectivity index (χ2n) is 6.06.